The van der Waals surface area contributed by atoms with Gasteiger partial charge in [-0.1, -0.05) is 23.7 Å². The number of pyridine rings is 1. The first kappa shape index (κ1) is 19.0. The summed E-state index contributed by atoms with van der Waals surface area (Å²) in [5.41, 5.74) is 4.99. The minimum Gasteiger partial charge on any atom is -0.267 e. The number of carbonyl (C=O) groups excluding carboxylic acids is 1. The van der Waals surface area contributed by atoms with Crippen molar-refractivity contribution >= 4 is 34.1 Å². The van der Waals surface area contributed by atoms with E-state index in [2.05, 4.69) is 15.5 Å². The summed E-state index contributed by atoms with van der Waals surface area (Å²) in [5.74, 6) is -0.787. The van der Waals surface area contributed by atoms with E-state index in [1.54, 1.807) is 53.2 Å². The molecular weight excluding hydrogens is 421 g/mol. The Balaban J connectivity index is 1.55. The molecule has 0 aliphatic rings. The molecule has 1 amide bonds. The first-order valence-corrected chi connectivity index (χ1v) is 9.60. The van der Waals surface area contributed by atoms with Crippen molar-refractivity contribution in [2.24, 2.45) is 0 Å². The highest BCUT2D eigenvalue weighted by Gasteiger charge is 2.14. The lowest BCUT2D eigenvalue weighted by atomic mass is 10.1. The normalized spacial score (nSPS) is 11.2. The molecule has 0 aliphatic carbocycles. The molecule has 0 aliphatic heterocycles. The van der Waals surface area contributed by atoms with Crippen molar-refractivity contribution in [2.75, 3.05) is 5.43 Å². The van der Waals surface area contributed by atoms with Gasteiger partial charge in [-0.25, -0.2) is 18.6 Å². The highest BCUT2D eigenvalue weighted by molar-refractivity contribution is 6.30. The van der Waals surface area contributed by atoms with Gasteiger partial charge in [-0.05, 0) is 48.0 Å². The second-order valence-electron chi connectivity index (χ2n) is 6.80. The molecule has 7 nitrogen and oxygen atoms in total. The summed E-state index contributed by atoms with van der Waals surface area (Å²) in [5, 5.41) is 5.13. The Kier molecular flexibility index (Phi) is 4.48. The molecule has 152 valence electrons. The van der Waals surface area contributed by atoms with Gasteiger partial charge >= 0.3 is 0 Å². The zero-order valence-corrected chi connectivity index (χ0v) is 16.5. The van der Waals surface area contributed by atoms with Crippen LogP contribution in [0.5, 0.6) is 0 Å². The van der Waals surface area contributed by atoms with Crippen LogP contribution in [0.4, 0.5) is 4.39 Å². The Morgan fingerprint density at radius 2 is 1.74 bits per heavy atom. The average Bonchev–Trinajstić information content (AvgIpc) is 3.21. The highest BCUT2D eigenvalue weighted by atomic mass is 35.5. The number of carbonyl (C=O) groups is 1. The molecule has 0 radical (unpaired) electrons. The molecule has 2 aromatic carbocycles. The summed E-state index contributed by atoms with van der Waals surface area (Å²) >= 11 is 5.84. The number of rotatable bonds is 3. The van der Waals surface area contributed by atoms with Crippen LogP contribution in [-0.4, -0.2) is 25.2 Å². The van der Waals surface area contributed by atoms with Crippen LogP contribution in [0.25, 0.3) is 27.7 Å². The number of hydrogen-bond acceptors (Lipinski definition) is 4. The third kappa shape index (κ3) is 3.32. The minimum absolute atomic E-state index is 0.278. The fourth-order valence-corrected chi connectivity index (χ4v) is 3.44. The maximum atomic E-state index is 13.2. The van der Waals surface area contributed by atoms with Crippen LogP contribution >= 0.6 is 11.6 Å². The van der Waals surface area contributed by atoms with Crippen LogP contribution in [0.3, 0.4) is 0 Å². The summed E-state index contributed by atoms with van der Waals surface area (Å²) in [6, 6.07) is 14.0. The number of nitrogens with one attached hydrogen (secondary N) is 1. The first-order valence-electron chi connectivity index (χ1n) is 9.22. The van der Waals surface area contributed by atoms with Crippen LogP contribution in [0.1, 0.15) is 10.4 Å². The lowest BCUT2D eigenvalue weighted by molar-refractivity contribution is 0.101. The summed E-state index contributed by atoms with van der Waals surface area (Å²) in [6.07, 6.45) is 4.51. The van der Waals surface area contributed by atoms with Gasteiger partial charge in [0.05, 0.1) is 17.1 Å². The van der Waals surface area contributed by atoms with Gasteiger partial charge < -0.3 is 0 Å². The molecule has 0 saturated heterocycles. The number of benzene rings is 2. The fraction of sp³-hybridized carbons (Fsp3) is 0. The molecule has 5 rings (SSSR count). The van der Waals surface area contributed by atoms with E-state index >= 15 is 0 Å². The molecule has 1 N–H and O–H groups in total. The monoisotopic (exact) mass is 433 g/mol. The molecule has 0 fully saturated rings. The minimum atomic E-state index is -0.454. The molecule has 31 heavy (non-hydrogen) atoms. The fourth-order valence-electron chi connectivity index (χ4n) is 3.31. The van der Waals surface area contributed by atoms with Crippen molar-refractivity contribution in [3.63, 3.8) is 0 Å². The largest absolute Gasteiger partial charge is 0.280 e. The number of fused-ring (bicyclic) bond motifs is 3. The maximum Gasteiger partial charge on any atom is 0.280 e. The van der Waals surface area contributed by atoms with Crippen LogP contribution < -0.4 is 11.0 Å². The Bertz CT molecular complexity index is 1510. The second-order valence-corrected chi connectivity index (χ2v) is 7.23. The van der Waals surface area contributed by atoms with Gasteiger partial charge in [-0.15, -0.1) is 0 Å². The van der Waals surface area contributed by atoms with Gasteiger partial charge in [0.2, 0.25) is 0 Å². The SMILES string of the molecule is O=C(Nn1ccc2c(cnc3c(-c4ccc(F)cc4)cnn32)c1=O)c1ccc(Cl)cc1. The van der Waals surface area contributed by atoms with Crippen molar-refractivity contribution in [1.29, 1.82) is 0 Å². The van der Waals surface area contributed by atoms with Gasteiger partial charge in [0.15, 0.2) is 5.65 Å². The van der Waals surface area contributed by atoms with Gasteiger partial charge in [-0.3, -0.25) is 15.0 Å². The van der Waals surface area contributed by atoms with Gasteiger partial charge in [-0.2, -0.15) is 5.10 Å². The number of nitrogens with zero attached hydrogens (tertiary/aromatic N) is 4. The number of hydrogen-bond donors (Lipinski definition) is 1. The molecule has 3 aromatic heterocycles. The van der Waals surface area contributed by atoms with Crippen LogP contribution in [0.2, 0.25) is 5.02 Å². The van der Waals surface area contributed by atoms with E-state index in [9.17, 15) is 14.0 Å². The number of amides is 1. The Morgan fingerprint density at radius 1 is 1.00 bits per heavy atom. The quantitative estimate of drug-likeness (QED) is 0.468. The summed E-state index contributed by atoms with van der Waals surface area (Å²) in [7, 11) is 0. The molecule has 3 heterocycles. The summed E-state index contributed by atoms with van der Waals surface area (Å²) in [6.45, 7) is 0. The van der Waals surface area contributed by atoms with E-state index in [4.69, 9.17) is 11.6 Å². The molecule has 0 saturated carbocycles. The number of halogens is 2. The standard InChI is InChI=1S/C22H13ClFN5O2/c23-15-5-1-14(2-6-15)21(30)27-28-10-9-19-18(22(28)31)11-25-20-17(12-26-29(19)20)13-3-7-16(24)8-4-13/h1-12H,(H,27,30). The van der Waals surface area contributed by atoms with Crippen molar-refractivity contribution in [3.05, 3.63) is 99.9 Å². The van der Waals surface area contributed by atoms with Crippen molar-refractivity contribution < 1.29 is 9.18 Å². The molecule has 9 heteroatoms. The van der Waals surface area contributed by atoms with Crippen LogP contribution in [0.15, 0.2) is 78.0 Å². The number of aromatic nitrogens is 4. The van der Waals surface area contributed by atoms with E-state index in [0.29, 0.717) is 27.3 Å². The summed E-state index contributed by atoms with van der Waals surface area (Å²) < 4.78 is 15.9. The molecular formula is C22H13ClFN5O2. The van der Waals surface area contributed by atoms with Crippen LogP contribution in [-0.2, 0) is 0 Å². The smallest absolute Gasteiger partial charge is 0.267 e. The molecule has 5 aromatic rings. The van der Waals surface area contributed by atoms with Crippen molar-refractivity contribution in [2.45, 2.75) is 0 Å². The first-order chi connectivity index (χ1) is 15.0. The topological polar surface area (TPSA) is 81.3 Å². The third-order valence-corrected chi connectivity index (χ3v) is 5.13. The van der Waals surface area contributed by atoms with E-state index in [0.717, 1.165) is 10.2 Å². The maximum absolute atomic E-state index is 13.2. The average molecular weight is 434 g/mol. The Morgan fingerprint density at radius 3 is 2.48 bits per heavy atom. The van der Waals surface area contributed by atoms with Gasteiger partial charge in [0.25, 0.3) is 11.5 Å². The van der Waals surface area contributed by atoms with E-state index in [-0.39, 0.29) is 11.2 Å². The zero-order chi connectivity index (χ0) is 21.5. The molecule has 0 bridgehead atoms. The molecule has 0 spiro atoms. The second kappa shape index (κ2) is 7.33. The third-order valence-electron chi connectivity index (χ3n) is 4.88. The lowest BCUT2D eigenvalue weighted by Gasteiger charge is -2.10. The molecule has 0 atom stereocenters. The van der Waals surface area contributed by atoms with Gasteiger partial charge in [0, 0.05) is 28.5 Å². The van der Waals surface area contributed by atoms with E-state index in [1.807, 2.05) is 0 Å². The zero-order valence-electron chi connectivity index (χ0n) is 15.8. The summed E-state index contributed by atoms with van der Waals surface area (Å²) in [4.78, 5) is 29.7. The highest BCUT2D eigenvalue weighted by Crippen LogP contribution is 2.25. The van der Waals surface area contributed by atoms with E-state index < -0.39 is 11.5 Å². The van der Waals surface area contributed by atoms with Crippen molar-refractivity contribution in [1.82, 2.24) is 19.3 Å². The lowest BCUT2D eigenvalue weighted by Crippen LogP contribution is -2.32. The van der Waals surface area contributed by atoms with Crippen molar-refractivity contribution in [3.8, 4) is 11.1 Å². The van der Waals surface area contributed by atoms with Crippen LogP contribution in [0, 0.1) is 5.82 Å². The van der Waals surface area contributed by atoms with E-state index in [1.165, 1.54) is 24.5 Å². The molecule has 0 unspecified atom stereocenters. The predicted octanol–water partition coefficient (Wildman–Crippen LogP) is 3.89. The van der Waals surface area contributed by atoms with Gasteiger partial charge in [0.1, 0.15) is 5.82 Å². The Hall–Kier alpha value is -4.04. The predicted molar refractivity (Wildman–Crippen MR) is 115 cm³/mol. The Labute approximate surface area is 179 Å².